The van der Waals surface area contributed by atoms with Gasteiger partial charge in [0.1, 0.15) is 0 Å². The summed E-state index contributed by atoms with van der Waals surface area (Å²) in [6.45, 7) is 12.3. The molecule has 22 heavy (non-hydrogen) atoms. The molecule has 5 nitrogen and oxygen atoms in total. The van der Waals surface area contributed by atoms with Crippen molar-refractivity contribution in [2.24, 2.45) is 5.73 Å². The molecule has 120 valence electrons. The molecule has 1 heterocycles. The van der Waals surface area contributed by atoms with Crippen LogP contribution in [-0.4, -0.2) is 40.5 Å². The van der Waals surface area contributed by atoms with E-state index in [1.54, 1.807) is 6.08 Å². The molecule has 0 aliphatic heterocycles. The number of anilines is 1. The number of rotatable bonds is 9. The summed E-state index contributed by atoms with van der Waals surface area (Å²) in [6.07, 6.45) is 2.47. The van der Waals surface area contributed by atoms with Crippen LogP contribution in [0.4, 0.5) is 5.82 Å². The first-order chi connectivity index (χ1) is 10.7. The van der Waals surface area contributed by atoms with Gasteiger partial charge in [-0.3, -0.25) is 4.68 Å². The van der Waals surface area contributed by atoms with Crippen LogP contribution in [0.25, 0.3) is 10.9 Å². The van der Waals surface area contributed by atoms with Gasteiger partial charge in [0.2, 0.25) is 0 Å². The van der Waals surface area contributed by atoms with Crippen molar-refractivity contribution in [2.75, 3.05) is 25.0 Å². The van der Waals surface area contributed by atoms with Gasteiger partial charge in [-0.1, -0.05) is 38.6 Å². The zero-order chi connectivity index (χ0) is 15.9. The van der Waals surface area contributed by atoms with Gasteiger partial charge in [0.25, 0.3) is 0 Å². The highest BCUT2D eigenvalue weighted by atomic mass is 15.3. The molecule has 3 N–H and O–H groups in total. The molecule has 0 bridgehead atoms. The minimum absolute atomic E-state index is 0.289. The second-order valence-electron chi connectivity index (χ2n) is 5.38. The summed E-state index contributed by atoms with van der Waals surface area (Å²) in [5.41, 5.74) is 7.04. The Labute approximate surface area is 132 Å². The van der Waals surface area contributed by atoms with E-state index in [0.717, 1.165) is 49.3 Å². The molecule has 5 heteroatoms. The predicted octanol–water partition coefficient (Wildman–Crippen LogP) is 2.65. The SMILES string of the molecule is C=CC(N)Nc1nn(CCCN(CC)CC)c2ccccc12. The van der Waals surface area contributed by atoms with Crippen LogP contribution in [0.15, 0.2) is 36.9 Å². The van der Waals surface area contributed by atoms with Gasteiger partial charge >= 0.3 is 0 Å². The zero-order valence-electron chi connectivity index (χ0n) is 13.6. The molecule has 1 unspecified atom stereocenters. The third kappa shape index (κ3) is 3.87. The van der Waals surface area contributed by atoms with E-state index in [-0.39, 0.29) is 6.17 Å². The van der Waals surface area contributed by atoms with Gasteiger partial charge in [-0.15, -0.1) is 0 Å². The molecule has 0 saturated heterocycles. The van der Waals surface area contributed by atoms with Crippen LogP contribution in [-0.2, 0) is 6.54 Å². The largest absolute Gasteiger partial charge is 0.350 e. The molecular weight excluding hydrogens is 274 g/mol. The first kappa shape index (κ1) is 16.5. The minimum Gasteiger partial charge on any atom is -0.350 e. The second kappa shape index (κ2) is 7.96. The number of para-hydroxylation sites is 1. The van der Waals surface area contributed by atoms with Crippen molar-refractivity contribution in [3.05, 3.63) is 36.9 Å². The Hall–Kier alpha value is -1.85. The van der Waals surface area contributed by atoms with Crippen molar-refractivity contribution in [1.29, 1.82) is 0 Å². The van der Waals surface area contributed by atoms with Crippen LogP contribution in [0.1, 0.15) is 20.3 Å². The standard InChI is InChI=1S/C17H27N5/c1-4-16(18)19-17-14-10-7-8-11-15(14)22(20-17)13-9-12-21(5-2)6-3/h4,7-8,10-11,16H,1,5-6,9,12-13,18H2,2-3H3,(H,19,20). The van der Waals surface area contributed by atoms with Crippen molar-refractivity contribution >= 4 is 16.7 Å². The number of nitrogens with one attached hydrogen (secondary N) is 1. The van der Waals surface area contributed by atoms with Crippen molar-refractivity contribution in [3.63, 3.8) is 0 Å². The molecule has 0 saturated carbocycles. The number of nitrogens with zero attached hydrogens (tertiary/aromatic N) is 3. The Kier molecular flexibility index (Phi) is 5.98. The van der Waals surface area contributed by atoms with Gasteiger partial charge < -0.3 is 16.0 Å². The van der Waals surface area contributed by atoms with E-state index in [4.69, 9.17) is 5.73 Å². The molecular formula is C17H27N5. The van der Waals surface area contributed by atoms with Gasteiger partial charge in [-0.2, -0.15) is 5.10 Å². The summed E-state index contributed by atoms with van der Waals surface area (Å²) in [5.74, 6) is 0.825. The molecule has 2 rings (SSSR count). The molecule has 0 radical (unpaired) electrons. The first-order valence-corrected chi connectivity index (χ1v) is 8.02. The summed E-state index contributed by atoms with van der Waals surface area (Å²) in [6, 6.07) is 8.24. The van der Waals surface area contributed by atoms with E-state index in [0.29, 0.717) is 0 Å². The van der Waals surface area contributed by atoms with Gasteiger partial charge in [0.15, 0.2) is 5.82 Å². The Morgan fingerprint density at radius 2 is 2.09 bits per heavy atom. The van der Waals surface area contributed by atoms with Crippen LogP contribution in [0.2, 0.25) is 0 Å². The average Bonchev–Trinajstić information content (AvgIpc) is 2.89. The van der Waals surface area contributed by atoms with Crippen molar-refractivity contribution in [3.8, 4) is 0 Å². The van der Waals surface area contributed by atoms with E-state index >= 15 is 0 Å². The van der Waals surface area contributed by atoms with Crippen LogP contribution < -0.4 is 11.1 Å². The number of aromatic nitrogens is 2. The van der Waals surface area contributed by atoms with Gasteiger partial charge in [-0.05, 0) is 38.2 Å². The fraction of sp³-hybridized carbons (Fsp3) is 0.471. The molecule has 1 aromatic heterocycles. The number of nitrogens with two attached hydrogens (primary N) is 1. The molecule has 0 amide bonds. The highest BCUT2D eigenvalue weighted by Crippen LogP contribution is 2.23. The van der Waals surface area contributed by atoms with Gasteiger partial charge in [0.05, 0.1) is 11.7 Å². The smallest absolute Gasteiger partial charge is 0.157 e. The lowest BCUT2D eigenvalue weighted by Crippen LogP contribution is -2.27. The number of hydrogen-bond donors (Lipinski definition) is 2. The highest BCUT2D eigenvalue weighted by Gasteiger charge is 2.11. The van der Waals surface area contributed by atoms with Crippen molar-refractivity contribution in [1.82, 2.24) is 14.7 Å². The number of fused-ring (bicyclic) bond motifs is 1. The Bertz CT molecular complexity index is 600. The maximum atomic E-state index is 5.90. The lowest BCUT2D eigenvalue weighted by atomic mass is 10.2. The third-order valence-electron chi connectivity index (χ3n) is 3.95. The fourth-order valence-corrected chi connectivity index (χ4v) is 2.61. The molecule has 2 aromatic rings. The van der Waals surface area contributed by atoms with Crippen molar-refractivity contribution < 1.29 is 0 Å². The van der Waals surface area contributed by atoms with E-state index in [2.05, 4.69) is 52.6 Å². The third-order valence-corrected chi connectivity index (χ3v) is 3.95. The average molecular weight is 301 g/mol. The summed E-state index contributed by atoms with van der Waals surface area (Å²) in [7, 11) is 0. The summed E-state index contributed by atoms with van der Waals surface area (Å²) >= 11 is 0. The maximum Gasteiger partial charge on any atom is 0.157 e. The lowest BCUT2D eigenvalue weighted by Gasteiger charge is -2.17. The molecule has 0 aliphatic carbocycles. The highest BCUT2D eigenvalue weighted by molar-refractivity contribution is 5.90. The van der Waals surface area contributed by atoms with Crippen LogP contribution in [0.5, 0.6) is 0 Å². The molecule has 0 spiro atoms. The van der Waals surface area contributed by atoms with Crippen LogP contribution in [0, 0.1) is 0 Å². The zero-order valence-corrected chi connectivity index (χ0v) is 13.6. The van der Waals surface area contributed by atoms with Gasteiger partial charge in [0, 0.05) is 11.9 Å². The molecule has 0 aliphatic rings. The van der Waals surface area contributed by atoms with Crippen LogP contribution in [0.3, 0.4) is 0 Å². The van der Waals surface area contributed by atoms with Crippen LogP contribution >= 0.6 is 0 Å². The van der Waals surface area contributed by atoms with E-state index in [9.17, 15) is 0 Å². The van der Waals surface area contributed by atoms with E-state index < -0.39 is 0 Å². The Morgan fingerprint density at radius 1 is 1.36 bits per heavy atom. The van der Waals surface area contributed by atoms with E-state index in [1.165, 1.54) is 0 Å². The normalized spacial score (nSPS) is 12.7. The number of benzene rings is 1. The summed E-state index contributed by atoms with van der Waals surface area (Å²) < 4.78 is 2.07. The molecule has 1 atom stereocenters. The van der Waals surface area contributed by atoms with Gasteiger partial charge in [-0.25, -0.2) is 0 Å². The summed E-state index contributed by atoms with van der Waals surface area (Å²) in [5, 5.41) is 8.98. The Morgan fingerprint density at radius 3 is 2.77 bits per heavy atom. The maximum absolute atomic E-state index is 5.90. The lowest BCUT2D eigenvalue weighted by molar-refractivity contribution is 0.292. The second-order valence-corrected chi connectivity index (χ2v) is 5.38. The quantitative estimate of drug-likeness (QED) is 0.552. The fourth-order valence-electron chi connectivity index (χ4n) is 2.61. The Balaban J connectivity index is 2.14. The van der Waals surface area contributed by atoms with E-state index in [1.807, 2.05) is 12.1 Å². The minimum atomic E-state index is -0.289. The first-order valence-electron chi connectivity index (χ1n) is 8.02. The molecule has 1 aromatic carbocycles. The predicted molar refractivity (Wildman–Crippen MR) is 93.9 cm³/mol. The topological polar surface area (TPSA) is 59.1 Å². The molecule has 0 fully saturated rings. The monoisotopic (exact) mass is 301 g/mol. The summed E-state index contributed by atoms with van der Waals surface area (Å²) in [4.78, 5) is 2.43. The number of aryl methyl sites for hydroxylation is 1. The van der Waals surface area contributed by atoms with Crippen molar-refractivity contribution in [2.45, 2.75) is 33.0 Å². The number of hydrogen-bond acceptors (Lipinski definition) is 4.